The van der Waals surface area contributed by atoms with E-state index in [4.69, 9.17) is 17.3 Å². The minimum absolute atomic E-state index is 0.180. The largest absolute Gasteiger partial charge is 0.465 e. The number of aromatic nitrogens is 2. The minimum Gasteiger partial charge on any atom is -0.465 e. The Hall–Kier alpha value is -2.14. The number of halogens is 1. The van der Waals surface area contributed by atoms with Crippen LogP contribution in [-0.2, 0) is 4.74 Å². The Kier molecular flexibility index (Phi) is 3.43. The number of hydrogen-bond acceptors (Lipinski definition) is 5. The van der Waals surface area contributed by atoms with Crippen LogP contribution in [0.1, 0.15) is 10.4 Å². The maximum absolute atomic E-state index is 11.5. The van der Waals surface area contributed by atoms with Crippen molar-refractivity contribution in [2.45, 2.75) is 0 Å². The van der Waals surface area contributed by atoms with E-state index in [-0.39, 0.29) is 5.95 Å². The Morgan fingerprint density at radius 3 is 2.61 bits per heavy atom. The molecule has 0 unspecified atom stereocenters. The molecule has 18 heavy (non-hydrogen) atoms. The van der Waals surface area contributed by atoms with Crippen molar-refractivity contribution in [2.75, 3.05) is 12.8 Å². The summed E-state index contributed by atoms with van der Waals surface area (Å²) in [5, 5.41) is 0.303. The lowest BCUT2D eigenvalue weighted by atomic mass is 10.1. The lowest BCUT2D eigenvalue weighted by Crippen LogP contribution is -2.02. The third-order valence-corrected chi connectivity index (χ3v) is 2.79. The maximum Gasteiger partial charge on any atom is 0.339 e. The van der Waals surface area contributed by atoms with Gasteiger partial charge in [-0.2, -0.15) is 0 Å². The molecule has 0 saturated heterocycles. The number of carbonyl (C=O) groups is 1. The van der Waals surface area contributed by atoms with E-state index in [0.29, 0.717) is 21.7 Å². The van der Waals surface area contributed by atoms with Crippen molar-refractivity contribution in [1.82, 2.24) is 9.97 Å². The fraction of sp³-hybridized carbons (Fsp3) is 0.0833. The van der Waals surface area contributed by atoms with Crippen molar-refractivity contribution < 1.29 is 9.53 Å². The second-order valence-corrected chi connectivity index (χ2v) is 3.87. The summed E-state index contributed by atoms with van der Waals surface area (Å²) in [4.78, 5) is 19.3. The number of nitrogen functional groups attached to an aromatic ring is 1. The molecule has 2 rings (SSSR count). The van der Waals surface area contributed by atoms with E-state index in [1.807, 2.05) is 0 Å². The van der Waals surface area contributed by atoms with Crippen LogP contribution in [0.5, 0.6) is 0 Å². The van der Waals surface area contributed by atoms with Crippen molar-refractivity contribution in [3.63, 3.8) is 0 Å². The topological polar surface area (TPSA) is 78.1 Å². The normalized spacial score (nSPS) is 10.1. The molecule has 0 saturated carbocycles. The highest BCUT2D eigenvalue weighted by molar-refractivity contribution is 6.36. The number of carbonyl (C=O) groups excluding carboxylic acids is 1. The highest BCUT2D eigenvalue weighted by Gasteiger charge is 2.14. The van der Waals surface area contributed by atoms with Gasteiger partial charge in [0.2, 0.25) is 5.95 Å². The fourth-order valence-corrected chi connectivity index (χ4v) is 1.81. The number of anilines is 1. The van der Waals surface area contributed by atoms with Crippen LogP contribution in [0.3, 0.4) is 0 Å². The number of benzene rings is 1. The molecule has 0 spiro atoms. The monoisotopic (exact) mass is 263 g/mol. The van der Waals surface area contributed by atoms with Crippen molar-refractivity contribution in [3.8, 4) is 11.1 Å². The molecular formula is C12H10ClN3O2. The molecule has 6 heteroatoms. The van der Waals surface area contributed by atoms with Crippen LogP contribution in [0.15, 0.2) is 30.6 Å². The first-order valence-electron chi connectivity index (χ1n) is 5.08. The van der Waals surface area contributed by atoms with Gasteiger partial charge in [0.25, 0.3) is 0 Å². The smallest absolute Gasteiger partial charge is 0.339 e. The number of methoxy groups -OCH3 is 1. The van der Waals surface area contributed by atoms with E-state index in [2.05, 4.69) is 14.7 Å². The first-order valence-corrected chi connectivity index (χ1v) is 5.46. The number of rotatable bonds is 2. The molecule has 0 aliphatic rings. The first-order chi connectivity index (χ1) is 8.63. The molecule has 0 aliphatic carbocycles. The van der Waals surface area contributed by atoms with Crippen molar-refractivity contribution in [3.05, 3.63) is 41.2 Å². The predicted molar refractivity (Wildman–Crippen MR) is 68.2 cm³/mol. The van der Waals surface area contributed by atoms with Gasteiger partial charge in [0, 0.05) is 23.5 Å². The van der Waals surface area contributed by atoms with Crippen LogP contribution in [0, 0.1) is 0 Å². The molecule has 0 radical (unpaired) electrons. The van der Waals surface area contributed by atoms with Crippen LogP contribution >= 0.6 is 11.6 Å². The molecule has 2 aromatic rings. The van der Waals surface area contributed by atoms with E-state index in [0.717, 1.165) is 0 Å². The predicted octanol–water partition coefficient (Wildman–Crippen LogP) is 2.17. The van der Waals surface area contributed by atoms with Crippen LogP contribution in [0.25, 0.3) is 11.1 Å². The molecule has 92 valence electrons. The van der Waals surface area contributed by atoms with Crippen LogP contribution in [-0.4, -0.2) is 23.0 Å². The number of ether oxygens (including phenoxy) is 1. The van der Waals surface area contributed by atoms with E-state index in [1.54, 1.807) is 30.6 Å². The summed E-state index contributed by atoms with van der Waals surface area (Å²) in [6.45, 7) is 0. The van der Waals surface area contributed by atoms with Crippen LogP contribution in [0.4, 0.5) is 5.95 Å². The van der Waals surface area contributed by atoms with Gasteiger partial charge in [0.15, 0.2) is 0 Å². The fourth-order valence-electron chi connectivity index (χ4n) is 1.50. The molecule has 0 aliphatic heterocycles. The standard InChI is InChI=1S/C12H10ClN3O2/c1-18-11(17)9-4-2-3-8(10(9)13)7-5-15-12(14)16-6-7/h2-6H,1H3,(H2,14,15,16). The van der Waals surface area contributed by atoms with Gasteiger partial charge in [-0.05, 0) is 6.07 Å². The molecule has 1 aromatic carbocycles. The molecule has 1 aromatic heterocycles. The summed E-state index contributed by atoms with van der Waals surface area (Å²) in [5.41, 5.74) is 7.05. The number of nitrogens with two attached hydrogens (primary N) is 1. The zero-order valence-electron chi connectivity index (χ0n) is 9.55. The molecule has 2 N–H and O–H groups in total. The van der Waals surface area contributed by atoms with Gasteiger partial charge in [0.05, 0.1) is 17.7 Å². The molecule has 5 nitrogen and oxygen atoms in total. The zero-order valence-corrected chi connectivity index (χ0v) is 10.3. The van der Waals surface area contributed by atoms with Crippen molar-refractivity contribution in [2.24, 2.45) is 0 Å². The highest BCUT2D eigenvalue weighted by atomic mass is 35.5. The Morgan fingerprint density at radius 1 is 1.33 bits per heavy atom. The average molecular weight is 264 g/mol. The summed E-state index contributed by atoms with van der Waals surface area (Å²) < 4.78 is 4.65. The Bertz CT molecular complexity index is 584. The van der Waals surface area contributed by atoms with E-state index >= 15 is 0 Å². The Morgan fingerprint density at radius 2 is 2.00 bits per heavy atom. The third kappa shape index (κ3) is 2.26. The summed E-state index contributed by atoms with van der Waals surface area (Å²) in [7, 11) is 1.30. The summed E-state index contributed by atoms with van der Waals surface area (Å²) >= 11 is 6.17. The lowest BCUT2D eigenvalue weighted by Gasteiger charge is -2.07. The minimum atomic E-state index is -0.488. The number of esters is 1. The first kappa shape index (κ1) is 12.3. The molecule has 0 fully saturated rings. The van der Waals surface area contributed by atoms with Gasteiger partial charge in [0.1, 0.15) is 0 Å². The third-order valence-electron chi connectivity index (χ3n) is 2.39. The van der Waals surface area contributed by atoms with Gasteiger partial charge in [-0.3, -0.25) is 0 Å². The Balaban J connectivity index is 2.52. The highest BCUT2D eigenvalue weighted by Crippen LogP contribution is 2.30. The summed E-state index contributed by atoms with van der Waals surface area (Å²) in [5.74, 6) is -0.308. The van der Waals surface area contributed by atoms with Gasteiger partial charge in [-0.25, -0.2) is 14.8 Å². The van der Waals surface area contributed by atoms with Gasteiger partial charge in [-0.15, -0.1) is 0 Å². The SMILES string of the molecule is COC(=O)c1cccc(-c2cnc(N)nc2)c1Cl. The second kappa shape index (κ2) is 5.01. The van der Waals surface area contributed by atoms with Gasteiger partial charge >= 0.3 is 5.97 Å². The maximum atomic E-state index is 11.5. The Labute approximate surface area is 109 Å². The van der Waals surface area contributed by atoms with Gasteiger partial charge in [-0.1, -0.05) is 23.7 Å². The number of hydrogen-bond donors (Lipinski definition) is 1. The van der Waals surface area contributed by atoms with E-state index < -0.39 is 5.97 Å². The number of nitrogens with zero attached hydrogens (tertiary/aromatic N) is 2. The average Bonchev–Trinajstić information content (AvgIpc) is 2.39. The lowest BCUT2D eigenvalue weighted by molar-refractivity contribution is 0.0601. The van der Waals surface area contributed by atoms with Crippen molar-refractivity contribution >= 4 is 23.5 Å². The van der Waals surface area contributed by atoms with Crippen LogP contribution < -0.4 is 5.73 Å². The molecule has 0 bridgehead atoms. The summed E-state index contributed by atoms with van der Waals surface area (Å²) in [6, 6.07) is 5.07. The molecule has 0 atom stereocenters. The summed E-state index contributed by atoms with van der Waals surface area (Å²) in [6.07, 6.45) is 3.09. The second-order valence-electron chi connectivity index (χ2n) is 3.49. The molecule has 0 amide bonds. The zero-order chi connectivity index (χ0) is 13.1. The van der Waals surface area contributed by atoms with Gasteiger partial charge < -0.3 is 10.5 Å². The molecular weight excluding hydrogens is 254 g/mol. The van der Waals surface area contributed by atoms with E-state index in [9.17, 15) is 4.79 Å². The quantitative estimate of drug-likeness (QED) is 0.840. The van der Waals surface area contributed by atoms with E-state index in [1.165, 1.54) is 7.11 Å². The van der Waals surface area contributed by atoms with Crippen molar-refractivity contribution in [1.29, 1.82) is 0 Å². The molecule has 1 heterocycles. The van der Waals surface area contributed by atoms with Crippen LogP contribution in [0.2, 0.25) is 5.02 Å².